The van der Waals surface area contributed by atoms with Crippen molar-refractivity contribution in [2.24, 2.45) is 0 Å². The Morgan fingerprint density at radius 3 is 2.40 bits per heavy atom. The lowest BCUT2D eigenvalue weighted by atomic mass is 10.0. The fourth-order valence-corrected chi connectivity index (χ4v) is 3.35. The molecule has 106 valence electrons. The third kappa shape index (κ3) is 3.22. The first-order valence-corrected chi connectivity index (χ1v) is 7.54. The van der Waals surface area contributed by atoms with E-state index in [0.29, 0.717) is 31.4 Å². The van der Waals surface area contributed by atoms with Crippen LogP contribution >= 0.6 is 50.7 Å². The highest BCUT2D eigenvalue weighted by Crippen LogP contribution is 2.42. The van der Waals surface area contributed by atoms with Gasteiger partial charge in [0.1, 0.15) is 11.6 Å². The Kier molecular flexibility index (Phi) is 5.19. The van der Waals surface area contributed by atoms with E-state index in [0.717, 1.165) is 0 Å². The van der Waals surface area contributed by atoms with Gasteiger partial charge in [-0.15, -0.1) is 11.6 Å². The Labute approximate surface area is 139 Å². The zero-order valence-corrected chi connectivity index (χ0v) is 14.1. The predicted octanol–water partition coefficient (Wildman–Crippen LogP) is 6.23. The SMILES string of the molecule is COc1c(Br)cc(Cl)cc1C(Cl)c1ccc(Cl)cc1F. The van der Waals surface area contributed by atoms with Gasteiger partial charge in [-0.25, -0.2) is 4.39 Å². The lowest BCUT2D eigenvalue weighted by Crippen LogP contribution is -2.01. The molecule has 0 spiro atoms. The average Bonchev–Trinajstić information content (AvgIpc) is 2.37. The Bertz CT molecular complexity index is 649. The van der Waals surface area contributed by atoms with Gasteiger partial charge >= 0.3 is 0 Å². The third-order valence-corrected chi connectivity index (χ3v) is 4.26. The van der Waals surface area contributed by atoms with Gasteiger partial charge in [0.15, 0.2) is 0 Å². The molecule has 0 N–H and O–H groups in total. The molecule has 0 aromatic heterocycles. The number of rotatable bonds is 3. The summed E-state index contributed by atoms with van der Waals surface area (Å²) in [7, 11) is 1.51. The van der Waals surface area contributed by atoms with Crippen molar-refractivity contribution in [2.45, 2.75) is 5.38 Å². The normalized spacial score (nSPS) is 12.3. The minimum absolute atomic E-state index is 0.309. The molecule has 2 aromatic carbocycles. The van der Waals surface area contributed by atoms with Gasteiger partial charge in [0, 0.05) is 21.2 Å². The molecular weight excluding hydrogens is 389 g/mol. The van der Waals surface area contributed by atoms with Gasteiger partial charge in [0.2, 0.25) is 0 Å². The van der Waals surface area contributed by atoms with Crippen LogP contribution < -0.4 is 4.74 Å². The summed E-state index contributed by atoms with van der Waals surface area (Å²) in [6.45, 7) is 0. The van der Waals surface area contributed by atoms with Gasteiger partial charge in [0.25, 0.3) is 0 Å². The van der Waals surface area contributed by atoms with Crippen molar-refractivity contribution >= 4 is 50.7 Å². The number of halogens is 5. The summed E-state index contributed by atoms with van der Waals surface area (Å²) in [5.74, 6) is 0.0411. The van der Waals surface area contributed by atoms with Crippen molar-refractivity contribution in [1.82, 2.24) is 0 Å². The van der Waals surface area contributed by atoms with E-state index in [-0.39, 0.29) is 0 Å². The van der Waals surface area contributed by atoms with Crippen LogP contribution in [0, 0.1) is 5.82 Å². The fourth-order valence-electron chi connectivity index (χ4n) is 1.86. The fraction of sp³-hybridized carbons (Fsp3) is 0.143. The quantitative estimate of drug-likeness (QED) is 0.557. The van der Waals surface area contributed by atoms with Crippen molar-refractivity contribution in [3.05, 3.63) is 61.8 Å². The largest absolute Gasteiger partial charge is 0.495 e. The van der Waals surface area contributed by atoms with Gasteiger partial charge < -0.3 is 4.74 Å². The van der Waals surface area contributed by atoms with Gasteiger partial charge in [-0.1, -0.05) is 29.3 Å². The standard InChI is InChI=1S/C14H9BrCl3FO/c1-20-14-10(4-8(17)5-11(14)15)13(18)9-3-2-7(16)6-12(9)19/h2-6,13H,1H3. The van der Waals surface area contributed by atoms with Crippen molar-refractivity contribution in [3.8, 4) is 5.75 Å². The molecule has 0 saturated carbocycles. The van der Waals surface area contributed by atoms with E-state index in [9.17, 15) is 4.39 Å². The van der Waals surface area contributed by atoms with Gasteiger partial charge in [-0.05, 0) is 40.2 Å². The maximum Gasteiger partial charge on any atom is 0.138 e. The predicted molar refractivity (Wildman–Crippen MR) is 84.8 cm³/mol. The highest BCUT2D eigenvalue weighted by molar-refractivity contribution is 9.10. The molecule has 0 bridgehead atoms. The van der Waals surface area contributed by atoms with Crippen molar-refractivity contribution in [1.29, 1.82) is 0 Å². The van der Waals surface area contributed by atoms with Crippen LogP contribution in [0.2, 0.25) is 10.0 Å². The molecule has 1 unspecified atom stereocenters. The van der Waals surface area contributed by atoms with E-state index >= 15 is 0 Å². The molecule has 2 rings (SSSR count). The molecule has 0 amide bonds. The molecule has 6 heteroatoms. The first-order chi connectivity index (χ1) is 9.43. The Morgan fingerprint density at radius 2 is 1.80 bits per heavy atom. The van der Waals surface area contributed by atoms with Crippen molar-refractivity contribution in [3.63, 3.8) is 0 Å². The highest BCUT2D eigenvalue weighted by Gasteiger charge is 2.21. The molecule has 0 fully saturated rings. The second-order valence-electron chi connectivity index (χ2n) is 4.04. The molecule has 1 nitrogen and oxygen atoms in total. The summed E-state index contributed by atoms with van der Waals surface area (Å²) >= 11 is 21.5. The van der Waals surface area contributed by atoms with Crippen LogP contribution in [-0.4, -0.2) is 7.11 Å². The van der Waals surface area contributed by atoms with E-state index < -0.39 is 11.2 Å². The van der Waals surface area contributed by atoms with E-state index in [4.69, 9.17) is 39.5 Å². The number of ether oxygens (including phenoxy) is 1. The monoisotopic (exact) mass is 396 g/mol. The van der Waals surface area contributed by atoms with Crippen molar-refractivity contribution in [2.75, 3.05) is 7.11 Å². The molecule has 20 heavy (non-hydrogen) atoms. The summed E-state index contributed by atoms with van der Waals surface area (Å²) in [6.07, 6.45) is 0. The van der Waals surface area contributed by atoms with E-state index in [1.807, 2.05) is 0 Å². The minimum Gasteiger partial charge on any atom is -0.495 e. The molecule has 2 aromatic rings. The van der Waals surface area contributed by atoms with Crippen LogP contribution in [-0.2, 0) is 0 Å². The number of hydrogen-bond acceptors (Lipinski definition) is 1. The van der Waals surface area contributed by atoms with Crippen LogP contribution in [0.5, 0.6) is 5.75 Å². The van der Waals surface area contributed by atoms with Crippen LogP contribution in [0.25, 0.3) is 0 Å². The van der Waals surface area contributed by atoms with Gasteiger partial charge in [-0.2, -0.15) is 0 Å². The Hall–Kier alpha value is -0.480. The van der Waals surface area contributed by atoms with Gasteiger partial charge in [0.05, 0.1) is 17.0 Å². The molecule has 0 saturated heterocycles. The summed E-state index contributed by atoms with van der Waals surface area (Å²) in [5, 5.41) is 0.0549. The maximum atomic E-state index is 14.0. The first-order valence-electron chi connectivity index (χ1n) is 5.56. The summed E-state index contributed by atoms with van der Waals surface area (Å²) in [6, 6.07) is 7.69. The second kappa shape index (κ2) is 6.52. The molecule has 0 heterocycles. The number of hydrogen-bond donors (Lipinski definition) is 0. The number of benzene rings is 2. The van der Waals surface area contributed by atoms with Crippen LogP contribution in [0.4, 0.5) is 4.39 Å². The molecule has 0 aliphatic carbocycles. The van der Waals surface area contributed by atoms with Crippen LogP contribution in [0.15, 0.2) is 34.8 Å². The highest BCUT2D eigenvalue weighted by atomic mass is 79.9. The van der Waals surface area contributed by atoms with Crippen LogP contribution in [0.1, 0.15) is 16.5 Å². The van der Waals surface area contributed by atoms with E-state index in [2.05, 4.69) is 15.9 Å². The average molecular weight is 398 g/mol. The smallest absolute Gasteiger partial charge is 0.138 e. The van der Waals surface area contributed by atoms with Gasteiger partial charge in [-0.3, -0.25) is 0 Å². The second-order valence-corrected chi connectivity index (χ2v) is 6.20. The summed E-state index contributed by atoms with van der Waals surface area (Å²) in [4.78, 5) is 0. The summed E-state index contributed by atoms with van der Waals surface area (Å²) < 4.78 is 19.9. The Balaban J connectivity index is 2.55. The summed E-state index contributed by atoms with van der Waals surface area (Å²) in [5.41, 5.74) is 0.887. The first kappa shape index (κ1) is 15.9. The van der Waals surface area contributed by atoms with Crippen LogP contribution in [0.3, 0.4) is 0 Å². The number of methoxy groups -OCH3 is 1. The molecule has 0 aliphatic rings. The Morgan fingerprint density at radius 1 is 1.10 bits per heavy atom. The zero-order chi connectivity index (χ0) is 14.9. The molecule has 0 radical (unpaired) electrons. The minimum atomic E-state index is -0.739. The topological polar surface area (TPSA) is 9.23 Å². The zero-order valence-electron chi connectivity index (χ0n) is 10.3. The van der Waals surface area contributed by atoms with E-state index in [1.165, 1.54) is 13.2 Å². The van der Waals surface area contributed by atoms with E-state index in [1.54, 1.807) is 24.3 Å². The number of alkyl halides is 1. The maximum absolute atomic E-state index is 14.0. The lowest BCUT2D eigenvalue weighted by molar-refractivity contribution is 0.407. The third-order valence-electron chi connectivity index (χ3n) is 2.75. The van der Waals surface area contributed by atoms with Crippen molar-refractivity contribution < 1.29 is 9.13 Å². The molecule has 0 aliphatic heterocycles. The lowest BCUT2D eigenvalue weighted by Gasteiger charge is -2.17. The molecule has 1 atom stereocenters. The molecular formula is C14H9BrCl3FO.